The van der Waals surface area contributed by atoms with Crippen LogP contribution in [0.5, 0.6) is 0 Å². The second-order valence-electron chi connectivity index (χ2n) is 3.99. The lowest BCUT2D eigenvalue weighted by Crippen LogP contribution is -2.35. The molecule has 0 aliphatic rings. The third-order valence-electron chi connectivity index (χ3n) is 2.62. The van der Waals surface area contributed by atoms with Crippen LogP contribution >= 0.6 is 23.2 Å². The third-order valence-corrected chi connectivity index (χ3v) is 3.36. The van der Waals surface area contributed by atoms with Crippen LogP contribution in [0.15, 0.2) is 18.2 Å². The number of halogens is 2. The Morgan fingerprint density at radius 3 is 2.56 bits per heavy atom. The minimum Gasteiger partial charge on any atom is -0.325 e. The van der Waals surface area contributed by atoms with Gasteiger partial charge in [0.15, 0.2) is 0 Å². The predicted octanol–water partition coefficient (Wildman–Crippen LogP) is 4.65. The molecule has 3 nitrogen and oxygen atoms in total. The number of carbonyl (C=O) groups is 1. The van der Waals surface area contributed by atoms with Crippen LogP contribution < -0.4 is 5.32 Å². The van der Waals surface area contributed by atoms with E-state index in [9.17, 15) is 4.79 Å². The van der Waals surface area contributed by atoms with Crippen molar-refractivity contribution in [3.63, 3.8) is 0 Å². The Labute approximate surface area is 118 Å². The van der Waals surface area contributed by atoms with Crippen LogP contribution in [0.25, 0.3) is 0 Å². The van der Waals surface area contributed by atoms with Crippen LogP contribution in [0.1, 0.15) is 26.7 Å². The lowest BCUT2D eigenvalue weighted by atomic mass is 10.3. The maximum Gasteiger partial charge on any atom is 0.321 e. The van der Waals surface area contributed by atoms with E-state index in [0.29, 0.717) is 22.3 Å². The fourth-order valence-electron chi connectivity index (χ4n) is 1.53. The fraction of sp³-hybridized carbons (Fsp3) is 0.462. The number of anilines is 1. The Balaban J connectivity index is 2.64. The SMILES string of the molecule is CCCCN(CC)C(=O)Nc1ccc(Cl)c(Cl)c1. The van der Waals surface area contributed by atoms with E-state index < -0.39 is 0 Å². The molecule has 0 heterocycles. The molecular weight excluding hydrogens is 271 g/mol. The van der Waals surface area contributed by atoms with Crippen molar-refractivity contribution in [3.05, 3.63) is 28.2 Å². The summed E-state index contributed by atoms with van der Waals surface area (Å²) in [5, 5.41) is 3.73. The highest BCUT2D eigenvalue weighted by atomic mass is 35.5. The number of rotatable bonds is 5. The second-order valence-corrected chi connectivity index (χ2v) is 4.81. The van der Waals surface area contributed by atoms with E-state index in [0.717, 1.165) is 19.4 Å². The lowest BCUT2D eigenvalue weighted by Gasteiger charge is -2.21. The van der Waals surface area contributed by atoms with Gasteiger partial charge in [-0.1, -0.05) is 36.5 Å². The highest BCUT2D eigenvalue weighted by Crippen LogP contribution is 2.25. The molecule has 5 heteroatoms. The topological polar surface area (TPSA) is 32.3 Å². The van der Waals surface area contributed by atoms with Crippen molar-refractivity contribution < 1.29 is 4.79 Å². The van der Waals surface area contributed by atoms with Crippen molar-refractivity contribution >= 4 is 34.9 Å². The van der Waals surface area contributed by atoms with Gasteiger partial charge in [0.1, 0.15) is 0 Å². The van der Waals surface area contributed by atoms with Gasteiger partial charge in [0, 0.05) is 18.8 Å². The molecule has 2 amide bonds. The van der Waals surface area contributed by atoms with Gasteiger partial charge in [0.25, 0.3) is 0 Å². The van der Waals surface area contributed by atoms with E-state index in [4.69, 9.17) is 23.2 Å². The summed E-state index contributed by atoms with van der Waals surface area (Å²) in [5.41, 5.74) is 0.657. The molecular formula is C13H18Cl2N2O. The Bertz CT molecular complexity index is 410. The average Bonchev–Trinajstić information content (AvgIpc) is 2.35. The molecule has 1 N–H and O–H groups in total. The first kappa shape index (κ1) is 15.1. The minimum atomic E-state index is -0.107. The molecule has 18 heavy (non-hydrogen) atoms. The smallest absolute Gasteiger partial charge is 0.321 e. The van der Waals surface area contributed by atoms with E-state index in [1.807, 2.05) is 6.92 Å². The highest BCUT2D eigenvalue weighted by Gasteiger charge is 2.11. The van der Waals surface area contributed by atoms with Gasteiger partial charge in [-0.3, -0.25) is 0 Å². The molecule has 0 unspecified atom stereocenters. The summed E-state index contributed by atoms with van der Waals surface area (Å²) in [6.45, 7) is 5.52. The van der Waals surface area contributed by atoms with E-state index >= 15 is 0 Å². The Morgan fingerprint density at radius 2 is 2.00 bits per heavy atom. The standard InChI is InChI=1S/C13H18Cl2N2O/c1-3-5-8-17(4-2)13(18)16-10-6-7-11(14)12(15)9-10/h6-7,9H,3-5,8H2,1-2H3,(H,16,18). The van der Waals surface area contributed by atoms with Crippen LogP contribution in [0.2, 0.25) is 10.0 Å². The van der Waals surface area contributed by atoms with Gasteiger partial charge >= 0.3 is 6.03 Å². The van der Waals surface area contributed by atoms with Gasteiger partial charge in [0.2, 0.25) is 0 Å². The summed E-state index contributed by atoms with van der Waals surface area (Å²) in [6.07, 6.45) is 2.07. The molecule has 0 bridgehead atoms. The second kappa shape index (κ2) is 7.49. The summed E-state index contributed by atoms with van der Waals surface area (Å²) in [6, 6.07) is 4.95. The van der Waals surface area contributed by atoms with Crippen LogP contribution in [0.3, 0.4) is 0 Å². The molecule has 0 saturated carbocycles. The fourth-order valence-corrected chi connectivity index (χ4v) is 1.83. The van der Waals surface area contributed by atoms with Crippen LogP contribution in [0, 0.1) is 0 Å². The summed E-state index contributed by atoms with van der Waals surface area (Å²) in [5.74, 6) is 0. The number of benzene rings is 1. The van der Waals surface area contributed by atoms with Crippen molar-refractivity contribution in [2.45, 2.75) is 26.7 Å². The molecule has 100 valence electrons. The Morgan fingerprint density at radius 1 is 1.28 bits per heavy atom. The third kappa shape index (κ3) is 4.39. The molecule has 1 aromatic carbocycles. The number of unbranched alkanes of at least 4 members (excludes halogenated alkanes) is 1. The molecule has 0 aliphatic carbocycles. The number of amides is 2. The summed E-state index contributed by atoms with van der Waals surface area (Å²) >= 11 is 11.7. The minimum absolute atomic E-state index is 0.107. The molecule has 1 aromatic rings. The molecule has 0 fully saturated rings. The number of hydrogen-bond donors (Lipinski definition) is 1. The zero-order valence-corrected chi connectivity index (χ0v) is 12.2. The van der Waals surface area contributed by atoms with Crippen LogP contribution in [-0.2, 0) is 0 Å². The first-order chi connectivity index (χ1) is 8.58. The molecule has 0 aliphatic heterocycles. The molecule has 1 rings (SSSR count). The predicted molar refractivity (Wildman–Crippen MR) is 77.6 cm³/mol. The first-order valence-corrected chi connectivity index (χ1v) is 6.85. The monoisotopic (exact) mass is 288 g/mol. The van der Waals surface area contributed by atoms with Crippen molar-refractivity contribution in [2.75, 3.05) is 18.4 Å². The number of carbonyl (C=O) groups excluding carboxylic acids is 1. The summed E-state index contributed by atoms with van der Waals surface area (Å²) in [7, 11) is 0. The largest absolute Gasteiger partial charge is 0.325 e. The lowest BCUT2D eigenvalue weighted by molar-refractivity contribution is 0.213. The number of nitrogens with one attached hydrogen (secondary N) is 1. The van der Waals surface area contributed by atoms with E-state index in [-0.39, 0.29) is 6.03 Å². The molecule has 0 aromatic heterocycles. The van der Waals surface area contributed by atoms with Crippen molar-refractivity contribution in [2.24, 2.45) is 0 Å². The van der Waals surface area contributed by atoms with Crippen molar-refractivity contribution in [1.82, 2.24) is 4.90 Å². The van der Waals surface area contributed by atoms with Gasteiger partial charge in [-0.05, 0) is 31.5 Å². The van der Waals surface area contributed by atoms with Crippen molar-refractivity contribution in [1.29, 1.82) is 0 Å². The number of nitrogens with zero attached hydrogens (tertiary/aromatic N) is 1. The van der Waals surface area contributed by atoms with Crippen LogP contribution in [0.4, 0.5) is 10.5 Å². The zero-order valence-electron chi connectivity index (χ0n) is 10.7. The Hall–Kier alpha value is -0.930. The normalized spacial score (nSPS) is 10.2. The van der Waals surface area contributed by atoms with Gasteiger partial charge in [-0.15, -0.1) is 0 Å². The summed E-state index contributed by atoms with van der Waals surface area (Å²) < 4.78 is 0. The van der Waals surface area contributed by atoms with E-state index in [1.54, 1.807) is 23.1 Å². The van der Waals surface area contributed by atoms with E-state index in [1.165, 1.54) is 0 Å². The van der Waals surface area contributed by atoms with Crippen molar-refractivity contribution in [3.8, 4) is 0 Å². The number of hydrogen-bond acceptors (Lipinski definition) is 1. The molecule has 0 saturated heterocycles. The molecule has 0 atom stereocenters. The van der Waals surface area contributed by atoms with Gasteiger partial charge < -0.3 is 10.2 Å². The van der Waals surface area contributed by atoms with E-state index in [2.05, 4.69) is 12.2 Å². The average molecular weight is 289 g/mol. The Kier molecular flexibility index (Phi) is 6.30. The maximum absolute atomic E-state index is 12.0. The zero-order chi connectivity index (χ0) is 13.5. The molecule has 0 spiro atoms. The van der Waals surface area contributed by atoms with Crippen LogP contribution in [-0.4, -0.2) is 24.0 Å². The van der Waals surface area contributed by atoms with Gasteiger partial charge in [-0.2, -0.15) is 0 Å². The number of urea groups is 1. The molecule has 0 radical (unpaired) electrons. The maximum atomic E-state index is 12.0. The summed E-state index contributed by atoms with van der Waals surface area (Å²) in [4.78, 5) is 13.8. The quantitative estimate of drug-likeness (QED) is 0.841. The first-order valence-electron chi connectivity index (χ1n) is 6.09. The van der Waals surface area contributed by atoms with Gasteiger partial charge in [-0.25, -0.2) is 4.79 Å². The van der Waals surface area contributed by atoms with Gasteiger partial charge in [0.05, 0.1) is 10.0 Å². The highest BCUT2D eigenvalue weighted by molar-refractivity contribution is 6.42.